The average molecular weight is 388 g/mol. The maximum Gasteiger partial charge on any atom is 0.231 e. The molecule has 2 aliphatic heterocycles. The highest BCUT2D eigenvalue weighted by atomic mass is 16.3. The molecule has 0 saturated carbocycles. The molecule has 0 bridgehead atoms. The lowest BCUT2D eigenvalue weighted by atomic mass is 9.69. The van der Waals surface area contributed by atoms with Crippen LogP contribution in [0.25, 0.3) is 0 Å². The minimum Gasteiger partial charge on any atom is -0.391 e. The molecule has 0 radical (unpaired) electrons. The fourth-order valence-corrected chi connectivity index (χ4v) is 4.90. The van der Waals surface area contributed by atoms with Crippen molar-refractivity contribution in [2.45, 2.75) is 57.6 Å². The van der Waals surface area contributed by atoms with Crippen LogP contribution in [-0.4, -0.2) is 59.0 Å². The number of piperidine rings is 2. The number of nitrogens with two attached hydrogens (primary N) is 1. The zero-order chi connectivity index (χ0) is 20.1. The highest BCUT2D eigenvalue weighted by molar-refractivity contribution is 5.86. The third-order valence-corrected chi connectivity index (χ3v) is 6.27. The van der Waals surface area contributed by atoms with E-state index >= 15 is 0 Å². The second-order valence-corrected chi connectivity index (χ2v) is 8.16. The van der Waals surface area contributed by atoms with Gasteiger partial charge in [-0.15, -0.1) is 0 Å². The maximum atomic E-state index is 13.6. The molecular formula is C22H33N3O3. The minimum absolute atomic E-state index is 0.0774. The summed E-state index contributed by atoms with van der Waals surface area (Å²) in [5, 5.41) is 11.0. The van der Waals surface area contributed by atoms with Crippen LogP contribution in [-0.2, 0) is 9.59 Å². The Bertz CT molecular complexity index is 681. The molecule has 0 aromatic heterocycles. The molecule has 2 saturated heterocycles. The van der Waals surface area contributed by atoms with Crippen molar-refractivity contribution in [3.63, 3.8) is 0 Å². The number of hydrogen-bond acceptors (Lipinski definition) is 4. The number of amides is 2. The zero-order valence-electron chi connectivity index (χ0n) is 16.8. The molecule has 3 N–H and O–H groups in total. The molecule has 1 aromatic rings. The van der Waals surface area contributed by atoms with Gasteiger partial charge in [0.2, 0.25) is 11.8 Å². The minimum atomic E-state index is -0.664. The molecule has 28 heavy (non-hydrogen) atoms. The number of unbranched alkanes of at least 4 members (excludes halogenated alkanes) is 1. The van der Waals surface area contributed by atoms with E-state index in [2.05, 4.69) is 0 Å². The van der Waals surface area contributed by atoms with Crippen molar-refractivity contribution in [1.29, 1.82) is 0 Å². The van der Waals surface area contributed by atoms with Crippen LogP contribution < -0.4 is 5.73 Å². The molecule has 2 amide bonds. The number of benzene rings is 1. The summed E-state index contributed by atoms with van der Waals surface area (Å²) >= 11 is 0. The third kappa shape index (κ3) is 4.08. The van der Waals surface area contributed by atoms with E-state index in [1.165, 1.54) is 0 Å². The second kappa shape index (κ2) is 9.05. The van der Waals surface area contributed by atoms with E-state index in [9.17, 15) is 14.7 Å². The Kier molecular flexibility index (Phi) is 6.73. The molecule has 6 nitrogen and oxygen atoms in total. The van der Waals surface area contributed by atoms with Crippen LogP contribution in [0, 0.1) is 5.41 Å². The first-order valence-corrected chi connectivity index (χ1v) is 10.5. The van der Waals surface area contributed by atoms with Crippen molar-refractivity contribution in [2.75, 3.05) is 26.2 Å². The Balaban J connectivity index is 1.78. The van der Waals surface area contributed by atoms with Gasteiger partial charge in [0.05, 0.1) is 17.6 Å². The third-order valence-electron chi connectivity index (χ3n) is 6.27. The maximum absolute atomic E-state index is 13.6. The van der Waals surface area contributed by atoms with Gasteiger partial charge < -0.3 is 20.6 Å². The molecule has 2 fully saturated rings. The molecule has 1 aromatic carbocycles. The normalized spacial score (nSPS) is 28.0. The summed E-state index contributed by atoms with van der Waals surface area (Å²) in [6, 6.07) is 9.43. The molecule has 0 unspecified atom stereocenters. The number of hydrogen-bond donors (Lipinski definition) is 2. The van der Waals surface area contributed by atoms with E-state index in [1.54, 1.807) is 0 Å². The number of carbonyl (C=O) groups excluding carboxylic acids is 2. The van der Waals surface area contributed by atoms with Gasteiger partial charge in [0.15, 0.2) is 0 Å². The van der Waals surface area contributed by atoms with Crippen molar-refractivity contribution in [3.05, 3.63) is 35.9 Å². The van der Waals surface area contributed by atoms with E-state index in [1.807, 2.05) is 47.1 Å². The summed E-state index contributed by atoms with van der Waals surface area (Å²) in [7, 11) is 0. The lowest BCUT2D eigenvalue weighted by molar-refractivity contribution is -0.166. The van der Waals surface area contributed by atoms with Gasteiger partial charge in [-0.25, -0.2) is 0 Å². The van der Waals surface area contributed by atoms with Crippen molar-refractivity contribution in [2.24, 2.45) is 11.1 Å². The Morgan fingerprint density at radius 2 is 2.04 bits per heavy atom. The predicted octanol–water partition coefficient (Wildman–Crippen LogP) is 2.08. The monoisotopic (exact) mass is 387 g/mol. The lowest BCUT2D eigenvalue weighted by Gasteiger charge is -2.51. The van der Waals surface area contributed by atoms with Gasteiger partial charge in [-0.1, -0.05) is 30.3 Å². The molecule has 154 valence electrons. The molecule has 2 heterocycles. The fraction of sp³-hybridized carbons (Fsp3) is 0.636. The quantitative estimate of drug-likeness (QED) is 0.732. The first-order chi connectivity index (χ1) is 13.5. The number of likely N-dealkylation sites (tertiary alicyclic amines) is 2. The summed E-state index contributed by atoms with van der Waals surface area (Å²) in [5.74, 6) is 0.177. The van der Waals surface area contributed by atoms with Crippen LogP contribution in [0.4, 0.5) is 0 Å². The lowest BCUT2D eigenvalue weighted by Crippen LogP contribution is -2.61. The molecule has 6 heteroatoms. The van der Waals surface area contributed by atoms with Gasteiger partial charge in [-0.2, -0.15) is 0 Å². The van der Waals surface area contributed by atoms with Gasteiger partial charge in [0, 0.05) is 26.1 Å². The smallest absolute Gasteiger partial charge is 0.231 e. The van der Waals surface area contributed by atoms with Crippen LogP contribution in [0.5, 0.6) is 0 Å². The largest absolute Gasteiger partial charge is 0.391 e. The van der Waals surface area contributed by atoms with Crippen LogP contribution in [0.15, 0.2) is 30.3 Å². The van der Waals surface area contributed by atoms with Crippen LogP contribution in [0.1, 0.15) is 57.1 Å². The topological polar surface area (TPSA) is 86.9 Å². The molecule has 1 spiro atoms. The van der Waals surface area contributed by atoms with Gasteiger partial charge in [0.25, 0.3) is 0 Å². The molecular weight excluding hydrogens is 354 g/mol. The van der Waals surface area contributed by atoms with Crippen molar-refractivity contribution in [1.82, 2.24) is 9.80 Å². The number of carbonyl (C=O) groups is 2. The first-order valence-electron chi connectivity index (χ1n) is 10.5. The molecule has 2 aliphatic rings. The Hall–Kier alpha value is -1.92. The standard InChI is InChI=1S/C22H33N3O3/c1-2-25-20(17-9-4-3-5-10-17)18(26)15-22(21(25)28)12-8-14-24(16-22)19(27)11-6-7-13-23/h3-5,9-10,18,20,26H,2,6-8,11-16,23H2,1H3/t18-,20+,22-/m1/s1. The van der Waals surface area contributed by atoms with Crippen LogP contribution >= 0.6 is 0 Å². The number of aliphatic hydroxyl groups is 1. The number of aliphatic hydroxyl groups excluding tert-OH is 1. The highest BCUT2D eigenvalue weighted by Crippen LogP contribution is 2.45. The summed E-state index contributed by atoms with van der Waals surface area (Å²) in [6.07, 6.45) is 3.41. The van der Waals surface area contributed by atoms with Gasteiger partial charge in [-0.3, -0.25) is 9.59 Å². The Labute approximate surface area is 167 Å². The van der Waals surface area contributed by atoms with Crippen LogP contribution in [0.2, 0.25) is 0 Å². The van der Waals surface area contributed by atoms with E-state index in [4.69, 9.17) is 5.73 Å². The van der Waals surface area contributed by atoms with Crippen molar-refractivity contribution >= 4 is 11.8 Å². The number of nitrogens with zero attached hydrogens (tertiary/aromatic N) is 2. The van der Waals surface area contributed by atoms with Gasteiger partial charge in [0.1, 0.15) is 0 Å². The van der Waals surface area contributed by atoms with Crippen LogP contribution in [0.3, 0.4) is 0 Å². The highest BCUT2D eigenvalue weighted by Gasteiger charge is 2.53. The van der Waals surface area contributed by atoms with Crippen molar-refractivity contribution in [3.8, 4) is 0 Å². The first kappa shape index (κ1) is 20.8. The zero-order valence-corrected chi connectivity index (χ0v) is 16.8. The van der Waals surface area contributed by atoms with Crippen molar-refractivity contribution < 1.29 is 14.7 Å². The summed E-state index contributed by atoms with van der Waals surface area (Å²) in [5.41, 5.74) is 5.83. The second-order valence-electron chi connectivity index (χ2n) is 8.16. The molecule has 3 atom stereocenters. The van der Waals surface area contributed by atoms with E-state index in [0.29, 0.717) is 39.0 Å². The molecule has 0 aliphatic carbocycles. The average Bonchev–Trinajstić information content (AvgIpc) is 2.71. The predicted molar refractivity (Wildman–Crippen MR) is 108 cm³/mol. The summed E-state index contributed by atoms with van der Waals surface area (Å²) < 4.78 is 0. The Morgan fingerprint density at radius 3 is 2.71 bits per heavy atom. The Morgan fingerprint density at radius 1 is 1.29 bits per heavy atom. The van der Waals surface area contributed by atoms with E-state index < -0.39 is 11.5 Å². The van der Waals surface area contributed by atoms with Gasteiger partial charge in [-0.05, 0) is 51.1 Å². The molecule has 3 rings (SSSR count). The number of likely N-dealkylation sites (N-methyl/N-ethyl adjacent to an activating group) is 1. The van der Waals surface area contributed by atoms with E-state index in [-0.39, 0.29) is 17.9 Å². The van der Waals surface area contributed by atoms with Gasteiger partial charge >= 0.3 is 0 Å². The fourth-order valence-electron chi connectivity index (χ4n) is 4.90. The van der Waals surface area contributed by atoms with E-state index in [0.717, 1.165) is 31.2 Å². The SMILES string of the molecule is CCN1C(=O)[C@]2(CCCN(C(=O)CCCCN)C2)C[C@@H](O)[C@@H]1c1ccccc1. The summed E-state index contributed by atoms with van der Waals surface area (Å²) in [4.78, 5) is 29.8. The summed E-state index contributed by atoms with van der Waals surface area (Å²) in [6.45, 7) is 4.21. The number of rotatable bonds is 6.